The minimum Gasteiger partial charge on any atom is -0.306 e. The number of rotatable bonds is 3. The minimum atomic E-state index is -0.235. The monoisotopic (exact) mass is 300 g/mol. The summed E-state index contributed by atoms with van der Waals surface area (Å²) in [5.74, 6) is 0.117. The predicted octanol–water partition coefficient (Wildman–Crippen LogP) is 3.47. The van der Waals surface area contributed by atoms with E-state index >= 15 is 0 Å². The van der Waals surface area contributed by atoms with Crippen molar-refractivity contribution in [2.24, 2.45) is 0 Å². The highest BCUT2D eigenvalue weighted by Gasteiger charge is 2.13. The number of pyridine rings is 1. The van der Waals surface area contributed by atoms with Gasteiger partial charge in [-0.3, -0.25) is 10.1 Å². The second-order valence-electron chi connectivity index (χ2n) is 5.28. The molecule has 21 heavy (non-hydrogen) atoms. The van der Waals surface area contributed by atoms with E-state index in [9.17, 15) is 4.79 Å². The van der Waals surface area contributed by atoms with Crippen molar-refractivity contribution >= 4 is 28.0 Å². The van der Waals surface area contributed by atoms with Gasteiger partial charge >= 0.3 is 0 Å². The van der Waals surface area contributed by atoms with Crippen LogP contribution in [0.1, 0.15) is 41.5 Å². The molecule has 0 unspecified atom stereocenters. The summed E-state index contributed by atoms with van der Waals surface area (Å²) in [7, 11) is 0. The first kappa shape index (κ1) is 13.8. The normalized spacial score (nSPS) is 11.2. The summed E-state index contributed by atoms with van der Waals surface area (Å²) in [5.41, 5.74) is 3.26. The van der Waals surface area contributed by atoms with Crippen LogP contribution in [0.2, 0.25) is 0 Å². The molecule has 3 heterocycles. The summed E-state index contributed by atoms with van der Waals surface area (Å²) in [4.78, 5) is 21.0. The Morgan fingerprint density at radius 3 is 2.90 bits per heavy atom. The van der Waals surface area contributed by atoms with Gasteiger partial charge in [-0.05, 0) is 30.5 Å². The first-order valence-electron chi connectivity index (χ1n) is 6.75. The fourth-order valence-electron chi connectivity index (χ4n) is 1.96. The van der Waals surface area contributed by atoms with Crippen LogP contribution in [0.5, 0.6) is 0 Å². The largest absolute Gasteiger partial charge is 0.306 e. The van der Waals surface area contributed by atoms with E-state index in [0.29, 0.717) is 16.7 Å². The lowest BCUT2D eigenvalue weighted by atomic mass is 10.2. The molecule has 0 atom stereocenters. The van der Waals surface area contributed by atoms with Gasteiger partial charge in [0.25, 0.3) is 5.91 Å². The Kier molecular flexibility index (Phi) is 3.47. The third-order valence-electron chi connectivity index (χ3n) is 3.18. The second kappa shape index (κ2) is 5.29. The number of aryl methyl sites for hydroxylation is 1. The predicted molar refractivity (Wildman–Crippen MR) is 84.1 cm³/mol. The van der Waals surface area contributed by atoms with Crippen molar-refractivity contribution < 1.29 is 4.79 Å². The molecule has 3 aromatic heterocycles. The van der Waals surface area contributed by atoms with E-state index in [1.54, 1.807) is 6.20 Å². The van der Waals surface area contributed by atoms with E-state index in [1.165, 1.54) is 11.3 Å². The molecular formula is C15H16N4OS. The quantitative estimate of drug-likeness (QED) is 0.805. The lowest BCUT2D eigenvalue weighted by Crippen LogP contribution is -2.12. The molecule has 1 N–H and O–H groups in total. The number of nitrogens with zero attached hydrogens (tertiary/aromatic N) is 3. The Hall–Kier alpha value is -2.21. The first-order chi connectivity index (χ1) is 10.0. The highest BCUT2D eigenvalue weighted by Crippen LogP contribution is 2.22. The fraction of sp³-hybridized carbons (Fsp3) is 0.267. The third kappa shape index (κ3) is 2.80. The van der Waals surface area contributed by atoms with Crippen molar-refractivity contribution in [1.29, 1.82) is 0 Å². The number of imidazole rings is 1. The number of carbonyl (C=O) groups excluding carboxylic acids is 1. The summed E-state index contributed by atoms with van der Waals surface area (Å²) in [6, 6.07) is 3.92. The molecule has 108 valence electrons. The first-order valence-corrected chi connectivity index (χ1v) is 7.63. The molecule has 5 nitrogen and oxygen atoms in total. The van der Waals surface area contributed by atoms with Gasteiger partial charge in [0.2, 0.25) is 0 Å². The number of nitrogens with one attached hydrogen (secondary N) is 1. The van der Waals surface area contributed by atoms with Crippen LogP contribution in [0.4, 0.5) is 5.13 Å². The van der Waals surface area contributed by atoms with E-state index < -0.39 is 0 Å². The Labute approximate surface area is 126 Å². The van der Waals surface area contributed by atoms with Crippen LogP contribution in [0, 0.1) is 6.92 Å². The van der Waals surface area contributed by atoms with Crippen LogP contribution >= 0.6 is 11.3 Å². The molecular weight excluding hydrogens is 284 g/mol. The maximum absolute atomic E-state index is 12.2. The standard InChI is InChI=1S/C15H16N4OS/c1-9(2)12-8-21-15(17-12)18-14(20)11-7-19-5-4-10(3)6-13(19)16-11/h4-9H,1-3H3,(H,17,18,20). The number of thiazole rings is 1. The fourth-order valence-corrected chi connectivity index (χ4v) is 2.83. The summed E-state index contributed by atoms with van der Waals surface area (Å²) < 4.78 is 1.84. The topological polar surface area (TPSA) is 59.3 Å². The highest BCUT2D eigenvalue weighted by atomic mass is 32.1. The number of aromatic nitrogens is 3. The third-order valence-corrected chi connectivity index (χ3v) is 3.96. The SMILES string of the molecule is Cc1ccn2cc(C(=O)Nc3nc(C(C)C)cs3)nc2c1. The van der Waals surface area contributed by atoms with Crippen molar-refractivity contribution in [2.45, 2.75) is 26.7 Å². The molecule has 0 bridgehead atoms. The molecule has 3 aromatic rings. The number of anilines is 1. The molecule has 0 radical (unpaired) electrons. The van der Waals surface area contributed by atoms with Crippen LogP contribution < -0.4 is 5.32 Å². The average Bonchev–Trinajstić information content (AvgIpc) is 3.04. The number of hydrogen-bond acceptors (Lipinski definition) is 4. The highest BCUT2D eigenvalue weighted by molar-refractivity contribution is 7.14. The number of hydrogen-bond donors (Lipinski definition) is 1. The van der Waals surface area contributed by atoms with Gasteiger partial charge in [-0.25, -0.2) is 9.97 Å². The Balaban J connectivity index is 1.82. The van der Waals surface area contributed by atoms with Crippen LogP contribution in [0.15, 0.2) is 29.9 Å². The van der Waals surface area contributed by atoms with Crippen molar-refractivity contribution in [3.05, 3.63) is 46.9 Å². The Morgan fingerprint density at radius 1 is 1.38 bits per heavy atom. The smallest absolute Gasteiger partial charge is 0.277 e. The second-order valence-corrected chi connectivity index (χ2v) is 6.14. The molecule has 0 saturated heterocycles. The zero-order valence-electron chi connectivity index (χ0n) is 12.1. The van der Waals surface area contributed by atoms with Crippen LogP contribution in [-0.4, -0.2) is 20.3 Å². The molecule has 0 spiro atoms. The number of carbonyl (C=O) groups is 1. The average molecular weight is 300 g/mol. The zero-order valence-corrected chi connectivity index (χ0v) is 12.9. The van der Waals surface area contributed by atoms with E-state index in [0.717, 1.165) is 16.9 Å². The van der Waals surface area contributed by atoms with E-state index in [2.05, 4.69) is 29.1 Å². The molecule has 0 aliphatic rings. The summed E-state index contributed by atoms with van der Waals surface area (Å²) in [5, 5.41) is 5.38. The van der Waals surface area contributed by atoms with Crippen LogP contribution in [0.3, 0.4) is 0 Å². The molecule has 1 amide bonds. The van der Waals surface area contributed by atoms with Gasteiger partial charge < -0.3 is 4.40 Å². The van der Waals surface area contributed by atoms with Gasteiger partial charge in [0.1, 0.15) is 11.3 Å². The van der Waals surface area contributed by atoms with E-state index in [-0.39, 0.29) is 5.91 Å². The summed E-state index contributed by atoms with van der Waals surface area (Å²) in [6.45, 7) is 6.15. The molecule has 0 saturated carbocycles. The van der Waals surface area contributed by atoms with Gasteiger partial charge in [-0.1, -0.05) is 13.8 Å². The van der Waals surface area contributed by atoms with Crippen molar-refractivity contribution in [3.8, 4) is 0 Å². The van der Waals surface area contributed by atoms with Crippen molar-refractivity contribution in [3.63, 3.8) is 0 Å². The molecule has 0 aromatic carbocycles. The molecule has 6 heteroatoms. The number of fused-ring (bicyclic) bond motifs is 1. The summed E-state index contributed by atoms with van der Waals surface area (Å²) >= 11 is 1.43. The van der Waals surface area contributed by atoms with Gasteiger partial charge in [0.05, 0.1) is 5.69 Å². The zero-order chi connectivity index (χ0) is 15.0. The maximum atomic E-state index is 12.2. The minimum absolute atomic E-state index is 0.235. The summed E-state index contributed by atoms with van der Waals surface area (Å²) in [6.07, 6.45) is 3.62. The Bertz CT molecular complexity index is 803. The molecule has 0 fully saturated rings. The van der Waals surface area contributed by atoms with Crippen LogP contribution in [-0.2, 0) is 0 Å². The molecule has 3 rings (SSSR count). The molecule has 0 aliphatic carbocycles. The van der Waals surface area contributed by atoms with Gasteiger partial charge in [-0.2, -0.15) is 0 Å². The maximum Gasteiger partial charge on any atom is 0.277 e. The van der Waals surface area contributed by atoms with Crippen molar-refractivity contribution in [1.82, 2.24) is 14.4 Å². The van der Waals surface area contributed by atoms with Gasteiger partial charge in [0, 0.05) is 17.8 Å². The van der Waals surface area contributed by atoms with Gasteiger partial charge in [0.15, 0.2) is 5.13 Å². The van der Waals surface area contributed by atoms with Crippen LogP contribution in [0.25, 0.3) is 5.65 Å². The molecule has 0 aliphatic heterocycles. The Morgan fingerprint density at radius 2 is 2.19 bits per heavy atom. The van der Waals surface area contributed by atoms with Gasteiger partial charge in [-0.15, -0.1) is 11.3 Å². The van der Waals surface area contributed by atoms with E-state index in [1.807, 2.05) is 35.0 Å². The lowest BCUT2D eigenvalue weighted by molar-refractivity contribution is 0.102. The van der Waals surface area contributed by atoms with Crippen molar-refractivity contribution in [2.75, 3.05) is 5.32 Å². The number of amides is 1. The van der Waals surface area contributed by atoms with E-state index in [4.69, 9.17) is 0 Å². The lowest BCUT2D eigenvalue weighted by Gasteiger charge is -1.99.